The van der Waals surface area contributed by atoms with Gasteiger partial charge in [-0.25, -0.2) is 19.2 Å². The van der Waals surface area contributed by atoms with Crippen LogP contribution in [0.25, 0.3) is 0 Å². The van der Waals surface area contributed by atoms with Gasteiger partial charge in [0.05, 0.1) is 22.3 Å². The molecule has 0 aliphatic heterocycles. The lowest BCUT2D eigenvalue weighted by Gasteiger charge is -2.05. The number of aliphatic hydroxyl groups excluding tert-OH is 2. The van der Waals surface area contributed by atoms with E-state index in [1.165, 1.54) is 81.0 Å². The largest absolute Gasteiger partial charge is 0.478 e. The molecule has 188 valence electrons. The van der Waals surface area contributed by atoms with Crippen LogP contribution in [0.2, 0.25) is 0 Å². The third kappa shape index (κ3) is 14.3. The molecule has 10 nitrogen and oxygen atoms in total. The van der Waals surface area contributed by atoms with Crippen molar-refractivity contribution < 1.29 is 49.8 Å². The van der Waals surface area contributed by atoms with Gasteiger partial charge in [0.2, 0.25) is 0 Å². The molecule has 0 aromatic heterocycles. The summed E-state index contributed by atoms with van der Waals surface area (Å²) in [5, 5.41) is 47.9. The Kier molecular flexibility index (Phi) is 19.0. The molecule has 1 saturated carbocycles. The van der Waals surface area contributed by atoms with Crippen molar-refractivity contribution >= 4 is 23.9 Å². The standard InChI is InChI=1S/2C8H6O4.C6H12.2CH4O/c9-7(10)5-1-2-6(4-3-5)8(11)12;9-7(10)5-2-1-3-6(4-5)8(11)12;1-2-4-6-5-3-1;2*1-2/h2*1-4H,(H,9,10)(H,11,12);1-6H2;2*2H,1H3. The van der Waals surface area contributed by atoms with E-state index in [1.807, 2.05) is 0 Å². The van der Waals surface area contributed by atoms with Crippen molar-refractivity contribution in [3.05, 3.63) is 70.8 Å². The molecule has 3 rings (SSSR count). The van der Waals surface area contributed by atoms with Crippen LogP contribution in [0.4, 0.5) is 0 Å². The Hall–Kier alpha value is -3.76. The van der Waals surface area contributed by atoms with Gasteiger partial charge < -0.3 is 30.6 Å². The number of carboxylic acid groups (broad SMARTS) is 4. The number of hydrogen-bond acceptors (Lipinski definition) is 6. The summed E-state index contributed by atoms with van der Waals surface area (Å²) in [5.74, 6) is -4.38. The zero-order valence-electron chi connectivity index (χ0n) is 19.2. The summed E-state index contributed by atoms with van der Waals surface area (Å²) >= 11 is 0. The average molecular weight is 481 g/mol. The Morgan fingerprint density at radius 1 is 0.471 bits per heavy atom. The van der Waals surface area contributed by atoms with Crippen LogP contribution >= 0.6 is 0 Å². The Balaban J connectivity index is 0. The van der Waals surface area contributed by atoms with Gasteiger partial charge in [0.25, 0.3) is 0 Å². The third-order valence-corrected chi connectivity index (χ3v) is 4.24. The molecule has 2 aromatic carbocycles. The minimum Gasteiger partial charge on any atom is -0.478 e. The fourth-order valence-electron chi connectivity index (χ4n) is 2.60. The normalized spacial score (nSPS) is 11.2. The van der Waals surface area contributed by atoms with Crippen LogP contribution in [-0.2, 0) is 0 Å². The van der Waals surface area contributed by atoms with Crippen LogP contribution in [0, 0.1) is 0 Å². The first kappa shape index (κ1) is 32.4. The van der Waals surface area contributed by atoms with E-state index in [4.69, 9.17) is 30.6 Å². The summed E-state index contributed by atoms with van der Waals surface area (Å²) in [4.78, 5) is 41.4. The topological polar surface area (TPSA) is 190 Å². The maximum atomic E-state index is 10.4. The first-order chi connectivity index (χ1) is 16.2. The maximum absolute atomic E-state index is 10.4. The van der Waals surface area contributed by atoms with Crippen LogP contribution in [0.15, 0.2) is 48.5 Å². The molecule has 1 aliphatic carbocycles. The second-order valence-corrected chi connectivity index (χ2v) is 6.50. The molecular formula is C24H32O10. The molecule has 6 N–H and O–H groups in total. The van der Waals surface area contributed by atoms with Crippen molar-refractivity contribution in [3.8, 4) is 0 Å². The lowest BCUT2D eigenvalue weighted by atomic mass is 10.0. The predicted molar refractivity (Wildman–Crippen MR) is 125 cm³/mol. The predicted octanol–water partition coefficient (Wildman–Crippen LogP) is 3.72. The minimum absolute atomic E-state index is 0.0186. The second-order valence-electron chi connectivity index (χ2n) is 6.50. The summed E-state index contributed by atoms with van der Waals surface area (Å²) in [7, 11) is 2.00. The molecule has 1 aliphatic rings. The van der Waals surface area contributed by atoms with Gasteiger partial charge in [0.1, 0.15) is 0 Å². The lowest BCUT2D eigenvalue weighted by Crippen LogP contribution is -2.01. The number of carbonyl (C=O) groups is 4. The molecule has 0 saturated heterocycles. The van der Waals surface area contributed by atoms with E-state index < -0.39 is 23.9 Å². The van der Waals surface area contributed by atoms with Crippen molar-refractivity contribution in [1.29, 1.82) is 0 Å². The van der Waals surface area contributed by atoms with Gasteiger partial charge in [-0.3, -0.25) is 0 Å². The quantitative estimate of drug-likeness (QED) is 0.376. The van der Waals surface area contributed by atoms with E-state index in [0.29, 0.717) is 0 Å². The molecule has 0 amide bonds. The number of aromatic carboxylic acids is 4. The van der Waals surface area contributed by atoms with Crippen molar-refractivity contribution in [2.24, 2.45) is 0 Å². The van der Waals surface area contributed by atoms with Crippen molar-refractivity contribution in [2.75, 3.05) is 14.2 Å². The molecule has 0 bridgehead atoms. The molecule has 0 radical (unpaired) electrons. The van der Waals surface area contributed by atoms with E-state index in [1.54, 1.807) is 0 Å². The van der Waals surface area contributed by atoms with Crippen LogP contribution in [0.3, 0.4) is 0 Å². The molecule has 1 fully saturated rings. The monoisotopic (exact) mass is 480 g/mol. The Labute approximate surface area is 197 Å². The van der Waals surface area contributed by atoms with Gasteiger partial charge in [-0.2, -0.15) is 0 Å². The van der Waals surface area contributed by atoms with Crippen LogP contribution < -0.4 is 0 Å². The average Bonchev–Trinajstić information content (AvgIpc) is 2.88. The third-order valence-electron chi connectivity index (χ3n) is 4.24. The number of carboxylic acids is 4. The Bertz CT molecular complexity index is 798. The van der Waals surface area contributed by atoms with Crippen LogP contribution in [0.5, 0.6) is 0 Å². The highest BCUT2D eigenvalue weighted by molar-refractivity contribution is 5.93. The van der Waals surface area contributed by atoms with Gasteiger partial charge in [0.15, 0.2) is 0 Å². The molecule has 0 heterocycles. The van der Waals surface area contributed by atoms with Gasteiger partial charge >= 0.3 is 23.9 Å². The smallest absolute Gasteiger partial charge is 0.335 e. The highest BCUT2D eigenvalue weighted by Gasteiger charge is 2.07. The minimum atomic E-state index is -1.13. The van der Waals surface area contributed by atoms with Gasteiger partial charge in [0, 0.05) is 14.2 Å². The molecular weight excluding hydrogens is 448 g/mol. The highest BCUT2D eigenvalue weighted by Crippen LogP contribution is 2.15. The number of benzene rings is 2. The molecule has 0 unspecified atom stereocenters. The summed E-state index contributed by atoms with van der Waals surface area (Å²) in [6.07, 6.45) is 9.00. The molecule has 34 heavy (non-hydrogen) atoms. The molecule has 2 aromatic rings. The fraction of sp³-hybridized carbons (Fsp3) is 0.333. The summed E-state index contributed by atoms with van der Waals surface area (Å²) in [6, 6.07) is 10.2. The zero-order valence-corrected chi connectivity index (χ0v) is 19.2. The van der Waals surface area contributed by atoms with Crippen molar-refractivity contribution in [1.82, 2.24) is 0 Å². The van der Waals surface area contributed by atoms with E-state index in [2.05, 4.69) is 0 Å². The molecule has 0 spiro atoms. The van der Waals surface area contributed by atoms with E-state index in [-0.39, 0.29) is 22.3 Å². The summed E-state index contributed by atoms with van der Waals surface area (Å²) < 4.78 is 0. The first-order valence-corrected chi connectivity index (χ1v) is 10.2. The van der Waals surface area contributed by atoms with Gasteiger partial charge in [-0.05, 0) is 42.5 Å². The van der Waals surface area contributed by atoms with Crippen molar-refractivity contribution in [2.45, 2.75) is 38.5 Å². The van der Waals surface area contributed by atoms with E-state index >= 15 is 0 Å². The lowest BCUT2D eigenvalue weighted by molar-refractivity contribution is 0.0681. The fourth-order valence-corrected chi connectivity index (χ4v) is 2.60. The second kappa shape index (κ2) is 19.9. The summed E-state index contributed by atoms with van der Waals surface area (Å²) in [5.41, 5.74) is 0.129. The van der Waals surface area contributed by atoms with Gasteiger partial charge in [-0.15, -0.1) is 0 Å². The van der Waals surface area contributed by atoms with E-state index in [9.17, 15) is 19.2 Å². The maximum Gasteiger partial charge on any atom is 0.335 e. The SMILES string of the molecule is C1CCCCC1.CO.CO.O=C(O)c1ccc(C(=O)O)cc1.O=C(O)c1cccc(C(=O)O)c1. The summed E-state index contributed by atoms with van der Waals surface area (Å²) in [6.45, 7) is 0. The van der Waals surface area contributed by atoms with Crippen LogP contribution in [-0.4, -0.2) is 68.7 Å². The number of hydrogen-bond donors (Lipinski definition) is 6. The number of rotatable bonds is 4. The van der Waals surface area contributed by atoms with Crippen LogP contribution in [0.1, 0.15) is 80.0 Å². The number of aliphatic hydroxyl groups is 2. The first-order valence-electron chi connectivity index (χ1n) is 10.2. The zero-order chi connectivity index (χ0) is 26.5. The Morgan fingerprint density at radius 3 is 0.912 bits per heavy atom. The molecule has 10 heteroatoms. The van der Waals surface area contributed by atoms with Crippen molar-refractivity contribution in [3.63, 3.8) is 0 Å². The van der Waals surface area contributed by atoms with E-state index in [0.717, 1.165) is 20.3 Å². The Morgan fingerprint density at radius 2 is 0.706 bits per heavy atom. The molecule has 0 atom stereocenters. The highest BCUT2D eigenvalue weighted by atomic mass is 16.4. The van der Waals surface area contributed by atoms with Gasteiger partial charge in [-0.1, -0.05) is 44.6 Å².